The molecule has 1 aliphatic carbocycles. The van der Waals surface area contributed by atoms with Crippen LogP contribution < -0.4 is 5.73 Å². The van der Waals surface area contributed by atoms with Crippen LogP contribution in [0.1, 0.15) is 37.7 Å². The number of nitrogens with zero attached hydrogens (tertiary/aromatic N) is 1. The maximum absolute atomic E-state index is 12.4. The number of hydrogen-bond acceptors (Lipinski definition) is 2. The molecule has 1 amide bonds. The summed E-state index contributed by atoms with van der Waals surface area (Å²) in [4.78, 5) is 14.2. The number of likely N-dealkylation sites (N-methyl/N-ethyl adjacent to an activating group) is 1. The van der Waals surface area contributed by atoms with Crippen LogP contribution in [0.4, 0.5) is 0 Å². The summed E-state index contributed by atoms with van der Waals surface area (Å²) in [6.07, 6.45) is 5.92. The van der Waals surface area contributed by atoms with Crippen LogP contribution in [0.25, 0.3) is 0 Å². The van der Waals surface area contributed by atoms with E-state index in [1.54, 1.807) is 4.90 Å². The van der Waals surface area contributed by atoms with Crippen molar-refractivity contribution in [1.82, 2.24) is 4.90 Å². The van der Waals surface area contributed by atoms with Gasteiger partial charge < -0.3 is 10.6 Å². The number of hydrogen-bond donors (Lipinski definition) is 1. The van der Waals surface area contributed by atoms with Crippen LogP contribution >= 0.6 is 0 Å². The first-order valence-electron chi connectivity index (χ1n) is 7.20. The molecule has 0 heterocycles. The van der Waals surface area contributed by atoms with Crippen molar-refractivity contribution in [3.8, 4) is 0 Å². The average molecular weight is 260 g/mol. The minimum atomic E-state index is -0.607. The van der Waals surface area contributed by atoms with Crippen LogP contribution in [0, 0.1) is 0 Å². The van der Waals surface area contributed by atoms with Crippen LogP contribution in [0.3, 0.4) is 0 Å². The van der Waals surface area contributed by atoms with Crippen molar-refractivity contribution in [1.29, 1.82) is 0 Å². The number of rotatable bonds is 4. The quantitative estimate of drug-likeness (QED) is 0.903. The number of carbonyl (C=O) groups excluding carboxylic acids is 1. The summed E-state index contributed by atoms with van der Waals surface area (Å²) in [7, 11) is 1.87. The summed E-state index contributed by atoms with van der Waals surface area (Å²) in [6.45, 7) is 0.738. The highest BCUT2D eigenvalue weighted by atomic mass is 16.2. The summed E-state index contributed by atoms with van der Waals surface area (Å²) in [5.41, 5.74) is 6.93. The molecule has 1 aromatic carbocycles. The van der Waals surface area contributed by atoms with Crippen molar-refractivity contribution in [2.45, 2.75) is 44.1 Å². The number of carbonyl (C=O) groups is 1. The summed E-state index contributed by atoms with van der Waals surface area (Å²) >= 11 is 0. The zero-order valence-electron chi connectivity index (χ0n) is 11.8. The third-order valence-corrected chi connectivity index (χ3v) is 4.10. The van der Waals surface area contributed by atoms with Gasteiger partial charge in [0.15, 0.2) is 0 Å². The lowest BCUT2D eigenvalue weighted by molar-refractivity contribution is -0.136. The normalized spacial score (nSPS) is 18.0. The monoisotopic (exact) mass is 260 g/mol. The van der Waals surface area contributed by atoms with Gasteiger partial charge in [0.05, 0.1) is 5.54 Å². The molecule has 1 aromatic rings. The Hall–Kier alpha value is -1.35. The second-order valence-corrected chi connectivity index (χ2v) is 5.68. The van der Waals surface area contributed by atoms with Gasteiger partial charge in [-0.2, -0.15) is 0 Å². The van der Waals surface area contributed by atoms with Gasteiger partial charge in [0.25, 0.3) is 0 Å². The molecule has 19 heavy (non-hydrogen) atoms. The largest absolute Gasteiger partial charge is 0.344 e. The first-order valence-corrected chi connectivity index (χ1v) is 7.20. The van der Waals surface area contributed by atoms with E-state index >= 15 is 0 Å². The zero-order valence-corrected chi connectivity index (χ0v) is 11.8. The van der Waals surface area contributed by atoms with Crippen LogP contribution in [0.5, 0.6) is 0 Å². The first kappa shape index (κ1) is 14.1. The second-order valence-electron chi connectivity index (χ2n) is 5.68. The van der Waals surface area contributed by atoms with Gasteiger partial charge in [-0.15, -0.1) is 0 Å². The minimum absolute atomic E-state index is 0.114. The Labute approximate surface area is 115 Å². The van der Waals surface area contributed by atoms with Crippen molar-refractivity contribution in [2.24, 2.45) is 5.73 Å². The molecule has 0 unspecified atom stereocenters. The summed E-state index contributed by atoms with van der Waals surface area (Å²) in [6, 6.07) is 10.3. The summed E-state index contributed by atoms with van der Waals surface area (Å²) in [5, 5.41) is 0. The fourth-order valence-electron chi connectivity index (χ4n) is 2.82. The Morgan fingerprint density at radius 1 is 1.21 bits per heavy atom. The van der Waals surface area contributed by atoms with E-state index in [4.69, 9.17) is 5.73 Å². The molecule has 3 heteroatoms. The molecule has 2 N–H and O–H groups in total. The molecule has 3 nitrogen and oxygen atoms in total. The molecule has 1 aliphatic rings. The van der Waals surface area contributed by atoms with Crippen molar-refractivity contribution in [3.05, 3.63) is 35.9 Å². The molecule has 0 spiro atoms. The van der Waals surface area contributed by atoms with Crippen LogP contribution in [-0.4, -0.2) is 29.9 Å². The van der Waals surface area contributed by atoms with Crippen LogP contribution in [0.15, 0.2) is 30.3 Å². The van der Waals surface area contributed by atoms with Gasteiger partial charge in [-0.05, 0) is 24.8 Å². The molecule has 0 atom stereocenters. The maximum Gasteiger partial charge on any atom is 0.242 e. The molecule has 0 saturated heterocycles. The molecule has 1 fully saturated rings. The molecule has 1 saturated carbocycles. The summed E-state index contributed by atoms with van der Waals surface area (Å²) < 4.78 is 0. The van der Waals surface area contributed by atoms with E-state index in [0.29, 0.717) is 0 Å². The first-order chi connectivity index (χ1) is 9.12. The molecule has 0 aromatic heterocycles. The van der Waals surface area contributed by atoms with E-state index in [-0.39, 0.29) is 5.91 Å². The lowest BCUT2D eigenvalue weighted by Crippen LogP contribution is -2.55. The van der Waals surface area contributed by atoms with Gasteiger partial charge in [0.1, 0.15) is 0 Å². The highest BCUT2D eigenvalue weighted by molar-refractivity contribution is 5.86. The van der Waals surface area contributed by atoms with Crippen LogP contribution in [0.2, 0.25) is 0 Å². The lowest BCUT2D eigenvalue weighted by Gasteiger charge is -2.35. The van der Waals surface area contributed by atoms with E-state index in [0.717, 1.165) is 38.6 Å². The van der Waals surface area contributed by atoms with Gasteiger partial charge in [0, 0.05) is 13.6 Å². The standard InChI is InChI=1S/C16H24N2O/c1-18(13-10-14-8-4-2-5-9-14)15(19)16(17)11-6-3-7-12-16/h2,4-5,8-9H,3,6-7,10-13,17H2,1H3. The molecule has 0 aliphatic heterocycles. The highest BCUT2D eigenvalue weighted by Gasteiger charge is 2.36. The van der Waals surface area contributed by atoms with Gasteiger partial charge in [-0.1, -0.05) is 49.6 Å². The maximum atomic E-state index is 12.4. The Morgan fingerprint density at radius 3 is 2.47 bits per heavy atom. The molecular formula is C16H24N2O. The second kappa shape index (κ2) is 6.20. The third kappa shape index (κ3) is 3.57. The molecule has 0 radical (unpaired) electrons. The van der Waals surface area contributed by atoms with Gasteiger partial charge in [0.2, 0.25) is 5.91 Å². The Morgan fingerprint density at radius 2 is 1.84 bits per heavy atom. The van der Waals surface area contributed by atoms with Crippen LogP contribution in [-0.2, 0) is 11.2 Å². The number of amides is 1. The summed E-state index contributed by atoms with van der Waals surface area (Å²) in [5.74, 6) is 0.114. The molecule has 104 valence electrons. The number of benzene rings is 1. The minimum Gasteiger partial charge on any atom is -0.344 e. The Bertz CT molecular complexity index is 410. The van der Waals surface area contributed by atoms with Crippen molar-refractivity contribution in [3.63, 3.8) is 0 Å². The molecule has 2 rings (SSSR count). The predicted molar refractivity (Wildman–Crippen MR) is 77.8 cm³/mol. The number of nitrogens with two attached hydrogens (primary N) is 1. The zero-order chi connectivity index (χ0) is 13.7. The van der Waals surface area contributed by atoms with E-state index in [1.807, 2.05) is 25.2 Å². The van der Waals surface area contributed by atoms with Crippen molar-refractivity contribution >= 4 is 5.91 Å². The SMILES string of the molecule is CN(CCc1ccccc1)C(=O)C1(N)CCCCC1. The molecule has 0 bridgehead atoms. The third-order valence-electron chi connectivity index (χ3n) is 4.10. The topological polar surface area (TPSA) is 46.3 Å². The predicted octanol–water partition coefficient (Wildman–Crippen LogP) is 2.35. The lowest BCUT2D eigenvalue weighted by atomic mass is 9.81. The molecular weight excluding hydrogens is 236 g/mol. The van der Waals surface area contributed by atoms with E-state index < -0.39 is 5.54 Å². The fraction of sp³-hybridized carbons (Fsp3) is 0.562. The van der Waals surface area contributed by atoms with E-state index in [2.05, 4.69) is 12.1 Å². The Kier molecular flexibility index (Phi) is 4.59. The van der Waals surface area contributed by atoms with Crippen molar-refractivity contribution < 1.29 is 4.79 Å². The smallest absolute Gasteiger partial charge is 0.242 e. The fourth-order valence-corrected chi connectivity index (χ4v) is 2.82. The van der Waals surface area contributed by atoms with E-state index in [9.17, 15) is 4.79 Å². The van der Waals surface area contributed by atoms with Gasteiger partial charge >= 0.3 is 0 Å². The van der Waals surface area contributed by atoms with Crippen molar-refractivity contribution in [2.75, 3.05) is 13.6 Å². The average Bonchev–Trinajstić information content (AvgIpc) is 2.46. The highest BCUT2D eigenvalue weighted by Crippen LogP contribution is 2.27. The van der Waals surface area contributed by atoms with E-state index in [1.165, 1.54) is 12.0 Å². The van der Waals surface area contributed by atoms with Gasteiger partial charge in [-0.3, -0.25) is 4.79 Å². The van der Waals surface area contributed by atoms with Gasteiger partial charge in [-0.25, -0.2) is 0 Å². The Balaban J connectivity index is 1.88.